The van der Waals surface area contributed by atoms with Crippen molar-refractivity contribution in [3.05, 3.63) is 52.2 Å². The van der Waals surface area contributed by atoms with Gasteiger partial charge in [-0.1, -0.05) is 0 Å². The second-order valence-electron chi connectivity index (χ2n) is 4.55. The molecule has 2 aromatic heterocycles. The second-order valence-corrected chi connectivity index (χ2v) is 4.55. The van der Waals surface area contributed by atoms with Crippen molar-refractivity contribution in [1.29, 1.82) is 0 Å². The van der Waals surface area contributed by atoms with Gasteiger partial charge >= 0.3 is 0 Å². The normalized spacial score (nSPS) is 11.1. The Morgan fingerprint density at radius 2 is 2.00 bits per heavy atom. The fourth-order valence-electron chi connectivity index (χ4n) is 2.28. The zero-order valence-corrected chi connectivity index (χ0v) is 10.6. The largest absolute Gasteiger partial charge is 0.508 e. The van der Waals surface area contributed by atoms with Crippen molar-refractivity contribution in [3.8, 4) is 11.4 Å². The first-order valence-corrected chi connectivity index (χ1v) is 5.94. The molecule has 5 nitrogen and oxygen atoms in total. The fraction of sp³-hybridized carbons (Fsp3) is 0.143. The first-order chi connectivity index (χ1) is 9.04. The number of aryl methyl sites for hydroxylation is 2. The van der Waals surface area contributed by atoms with E-state index in [9.17, 15) is 9.90 Å². The highest BCUT2D eigenvalue weighted by atomic mass is 16.3. The highest BCUT2D eigenvalue weighted by molar-refractivity contribution is 5.77. The summed E-state index contributed by atoms with van der Waals surface area (Å²) in [5, 5.41) is 9.41. The van der Waals surface area contributed by atoms with Gasteiger partial charge in [0, 0.05) is 11.8 Å². The van der Waals surface area contributed by atoms with Crippen LogP contribution in [0.1, 0.15) is 11.5 Å². The van der Waals surface area contributed by atoms with Crippen LogP contribution >= 0.6 is 0 Å². The average Bonchev–Trinajstić information content (AvgIpc) is 2.67. The zero-order valence-electron chi connectivity index (χ0n) is 10.6. The molecule has 0 unspecified atom stereocenters. The van der Waals surface area contributed by atoms with E-state index in [0.29, 0.717) is 5.69 Å². The predicted molar refractivity (Wildman–Crippen MR) is 72.8 cm³/mol. The Balaban J connectivity index is 2.27. The summed E-state index contributed by atoms with van der Waals surface area (Å²) in [5.74, 6) is 0.819. The molecule has 0 spiro atoms. The summed E-state index contributed by atoms with van der Waals surface area (Å²) >= 11 is 0. The Morgan fingerprint density at radius 3 is 2.74 bits per heavy atom. The molecule has 0 saturated carbocycles. The summed E-state index contributed by atoms with van der Waals surface area (Å²) in [5.41, 5.74) is 2.92. The number of nitrogens with zero attached hydrogens (tertiary/aromatic N) is 2. The van der Waals surface area contributed by atoms with E-state index in [4.69, 9.17) is 0 Å². The molecule has 5 heteroatoms. The molecule has 0 aliphatic heterocycles. The van der Waals surface area contributed by atoms with Gasteiger partial charge in [-0.25, -0.2) is 4.98 Å². The van der Waals surface area contributed by atoms with Crippen molar-refractivity contribution < 1.29 is 5.11 Å². The van der Waals surface area contributed by atoms with Crippen molar-refractivity contribution in [2.24, 2.45) is 0 Å². The molecule has 0 fully saturated rings. The van der Waals surface area contributed by atoms with Crippen LogP contribution in [-0.4, -0.2) is 19.6 Å². The van der Waals surface area contributed by atoms with Crippen LogP contribution < -0.4 is 5.56 Å². The summed E-state index contributed by atoms with van der Waals surface area (Å²) in [6.07, 6.45) is 0. The van der Waals surface area contributed by atoms with Crippen LogP contribution in [0.5, 0.6) is 5.75 Å². The first-order valence-electron chi connectivity index (χ1n) is 5.94. The number of rotatable bonds is 1. The van der Waals surface area contributed by atoms with E-state index in [1.54, 1.807) is 17.6 Å². The summed E-state index contributed by atoms with van der Waals surface area (Å²) < 4.78 is 1.55. The van der Waals surface area contributed by atoms with Gasteiger partial charge in [-0.2, -0.15) is 0 Å². The Hall–Kier alpha value is -2.56. The molecular weight excluding hydrogens is 242 g/mol. The van der Waals surface area contributed by atoms with Gasteiger partial charge in [-0.15, -0.1) is 0 Å². The van der Waals surface area contributed by atoms with Crippen LogP contribution in [0, 0.1) is 13.8 Å². The SMILES string of the molecule is Cc1nc2ccc(-n3c(C)cc(O)cc3=O)cc2[nH]1. The third-order valence-electron chi connectivity index (χ3n) is 3.04. The van der Waals surface area contributed by atoms with Gasteiger partial charge in [0.25, 0.3) is 5.56 Å². The molecule has 1 aromatic carbocycles. The third-order valence-corrected chi connectivity index (χ3v) is 3.04. The molecule has 2 heterocycles. The lowest BCUT2D eigenvalue weighted by molar-refractivity contribution is 0.472. The average molecular weight is 255 g/mol. The fourth-order valence-corrected chi connectivity index (χ4v) is 2.28. The minimum atomic E-state index is -0.256. The van der Waals surface area contributed by atoms with Crippen LogP contribution in [0.4, 0.5) is 0 Å². The number of fused-ring (bicyclic) bond motifs is 1. The maximum Gasteiger partial charge on any atom is 0.258 e. The number of aromatic amines is 1. The lowest BCUT2D eigenvalue weighted by Crippen LogP contribution is -2.18. The Labute approximate surface area is 109 Å². The Morgan fingerprint density at radius 1 is 1.21 bits per heavy atom. The molecule has 3 rings (SSSR count). The van der Waals surface area contributed by atoms with Crippen LogP contribution in [0.2, 0.25) is 0 Å². The molecule has 0 aliphatic rings. The smallest absolute Gasteiger partial charge is 0.258 e. The van der Waals surface area contributed by atoms with Gasteiger partial charge in [0.2, 0.25) is 0 Å². The number of H-pyrrole nitrogens is 1. The standard InChI is InChI=1S/C14H13N3O2/c1-8-5-11(18)7-14(19)17(8)10-3-4-12-13(6-10)16-9(2)15-12/h3-7,18H,1-2H3,(H,15,16). The van der Waals surface area contributed by atoms with E-state index in [-0.39, 0.29) is 11.3 Å². The lowest BCUT2D eigenvalue weighted by atomic mass is 10.2. The van der Waals surface area contributed by atoms with Crippen molar-refractivity contribution in [2.75, 3.05) is 0 Å². The van der Waals surface area contributed by atoms with Gasteiger partial charge in [-0.3, -0.25) is 9.36 Å². The minimum absolute atomic E-state index is 0.0165. The van der Waals surface area contributed by atoms with E-state index < -0.39 is 0 Å². The van der Waals surface area contributed by atoms with E-state index in [1.807, 2.05) is 25.1 Å². The van der Waals surface area contributed by atoms with Crippen LogP contribution in [-0.2, 0) is 0 Å². The van der Waals surface area contributed by atoms with Crippen molar-refractivity contribution >= 4 is 11.0 Å². The first kappa shape index (κ1) is 11.5. The summed E-state index contributed by atoms with van der Waals surface area (Å²) in [6, 6.07) is 8.35. The van der Waals surface area contributed by atoms with E-state index in [1.165, 1.54) is 6.07 Å². The van der Waals surface area contributed by atoms with Gasteiger partial charge < -0.3 is 10.1 Å². The number of hydrogen-bond donors (Lipinski definition) is 2. The van der Waals surface area contributed by atoms with Crippen LogP contribution in [0.15, 0.2) is 35.1 Å². The number of hydrogen-bond acceptors (Lipinski definition) is 3. The topological polar surface area (TPSA) is 70.9 Å². The monoisotopic (exact) mass is 255 g/mol. The molecule has 0 bridgehead atoms. The predicted octanol–water partition coefficient (Wildman–Crippen LogP) is 2.04. The van der Waals surface area contributed by atoms with E-state index in [0.717, 1.165) is 22.5 Å². The molecule has 3 aromatic rings. The Bertz CT molecular complexity index is 830. The zero-order chi connectivity index (χ0) is 13.6. The van der Waals surface area contributed by atoms with Gasteiger partial charge in [-0.05, 0) is 38.1 Å². The Kier molecular flexibility index (Phi) is 2.41. The number of pyridine rings is 1. The van der Waals surface area contributed by atoms with Gasteiger partial charge in [0.05, 0.1) is 16.7 Å². The minimum Gasteiger partial charge on any atom is -0.508 e. The van der Waals surface area contributed by atoms with Gasteiger partial charge in [0.15, 0.2) is 0 Å². The lowest BCUT2D eigenvalue weighted by Gasteiger charge is -2.09. The quantitative estimate of drug-likeness (QED) is 0.699. The number of nitrogens with one attached hydrogen (secondary N) is 1. The molecule has 0 amide bonds. The van der Waals surface area contributed by atoms with Crippen molar-refractivity contribution in [2.45, 2.75) is 13.8 Å². The molecule has 0 aliphatic carbocycles. The highest BCUT2D eigenvalue weighted by Gasteiger charge is 2.07. The third kappa shape index (κ3) is 1.89. The number of benzene rings is 1. The number of aromatic nitrogens is 3. The maximum absolute atomic E-state index is 12.0. The molecule has 2 N–H and O–H groups in total. The summed E-state index contributed by atoms with van der Waals surface area (Å²) in [4.78, 5) is 19.4. The molecule has 19 heavy (non-hydrogen) atoms. The van der Waals surface area contributed by atoms with Crippen molar-refractivity contribution in [3.63, 3.8) is 0 Å². The van der Waals surface area contributed by atoms with Crippen LogP contribution in [0.25, 0.3) is 16.7 Å². The van der Waals surface area contributed by atoms with E-state index >= 15 is 0 Å². The van der Waals surface area contributed by atoms with Gasteiger partial charge in [0.1, 0.15) is 11.6 Å². The molecule has 0 radical (unpaired) electrons. The molecule has 0 saturated heterocycles. The molecule has 96 valence electrons. The molecular formula is C14H13N3O2. The highest BCUT2D eigenvalue weighted by Crippen LogP contribution is 2.18. The van der Waals surface area contributed by atoms with E-state index in [2.05, 4.69) is 9.97 Å². The summed E-state index contributed by atoms with van der Waals surface area (Å²) in [7, 11) is 0. The summed E-state index contributed by atoms with van der Waals surface area (Å²) in [6.45, 7) is 3.67. The van der Waals surface area contributed by atoms with Crippen molar-refractivity contribution in [1.82, 2.24) is 14.5 Å². The maximum atomic E-state index is 12.0. The van der Waals surface area contributed by atoms with Crippen LogP contribution in [0.3, 0.4) is 0 Å². The molecule has 0 atom stereocenters. The number of aromatic hydroxyl groups is 1. The second kappa shape index (κ2) is 3.98. The number of imidazole rings is 1.